The van der Waals surface area contributed by atoms with Gasteiger partial charge in [-0.3, -0.25) is 9.59 Å². The molecule has 0 aliphatic heterocycles. The molecular weight excluding hydrogens is 280 g/mol. The number of aliphatic carboxylic acids is 1. The summed E-state index contributed by atoms with van der Waals surface area (Å²) in [6.45, 7) is 6.01. The van der Waals surface area contributed by atoms with Crippen molar-refractivity contribution in [3.8, 4) is 0 Å². The van der Waals surface area contributed by atoms with Crippen LogP contribution >= 0.6 is 11.3 Å². The normalized spacial score (nSPS) is 11.2. The van der Waals surface area contributed by atoms with Gasteiger partial charge in [-0.05, 0) is 27.2 Å². The van der Waals surface area contributed by atoms with Gasteiger partial charge >= 0.3 is 11.9 Å². The van der Waals surface area contributed by atoms with Crippen molar-refractivity contribution in [1.29, 1.82) is 0 Å². The summed E-state index contributed by atoms with van der Waals surface area (Å²) in [6.07, 6.45) is 1.01. The Morgan fingerprint density at radius 2 is 2.20 bits per heavy atom. The average molecular weight is 300 g/mol. The summed E-state index contributed by atoms with van der Waals surface area (Å²) >= 11 is 1.36. The number of ether oxygens (including phenoxy) is 1. The summed E-state index contributed by atoms with van der Waals surface area (Å²) in [7, 11) is 0. The molecule has 0 unspecified atom stereocenters. The Hall–Kier alpha value is -1.63. The van der Waals surface area contributed by atoms with Crippen molar-refractivity contribution in [3.05, 3.63) is 11.1 Å². The minimum Gasteiger partial charge on any atom is -0.481 e. The molecular formula is C13H20N2O4S. The fourth-order valence-electron chi connectivity index (χ4n) is 1.41. The maximum absolute atomic E-state index is 11.1. The number of nitrogens with one attached hydrogen (secondary N) is 1. The van der Waals surface area contributed by atoms with E-state index < -0.39 is 11.4 Å². The summed E-state index contributed by atoms with van der Waals surface area (Å²) in [5.74, 6) is -1.11. The molecule has 0 aliphatic carbocycles. The number of hydrogen-bond donors (Lipinski definition) is 2. The predicted molar refractivity (Wildman–Crippen MR) is 77.1 cm³/mol. The molecule has 0 fully saturated rings. The van der Waals surface area contributed by atoms with Crippen molar-refractivity contribution in [2.75, 3.05) is 18.5 Å². The van der Waals surface area contributed by atoms with Crippen LogP contribution in [0, 0.1) is 0 Å². The minimum absolute atomic E-state index is 0.207. The summed E-state index contributed by atoms with van der Waals surface area (Å²) in [5.41, 5.74) is -0.468. The number of aromatic nitrogens is 1. The number of hydrogen-bond acceptors (Lipinski definition) is 6. The van der Waals surface area contributed by atoms with Gasteiger partial charge in [-0.15, -0.1) is 11.3 Å². The highest BCUT2D eigenvalue weighted by atomic mass is 32.1. The largest absolute Gasteiger partial charge is 0.481 e. The number of carbonyl (C=O) groups excluding carboxylic acids is 1. The highest BCUT2D eigenvalue weighted by molar-refractivity contribution is 7.13. The zero-order valence-corrected chi connectivity index (χ0v) is 12.7. The van der Waals surface area contributed by atoms with Crippen LogP contribution in [0.2, 0.25) is 0 Å². The lowest BCUT2D eigenvalue weighted by molar-refractivity contribution is -0.143. The second-order valence-corrected chi connectivity index (χ2v) is 5.66. The molecule has 112 valence electrons. The van der Waals surface area contributed by atoms with Crippen LogP contribution in [0.1, 0.15) is 39.3 Å². The van der Waals surface area contributed by atoms with Gasteiger partial charge in [-0.2, -0.15) is 0 Å². The van der Waals surface area contributed by atoms with E-state index in [0.717, 1.165) is 0 Å². The monoisotopic (exact) mass is 300 g/mol. The molecule has 0 saturated carbocycles. The first-order chi connectivity index (χ1) is 9.37. The quantitative estimate of drug-likeness (QED) is 0.565. The van der Waals surface area contributed by atoms with Gasteiger partial charge in [0.15, 0.2) is 5.13 Å². The Kier molecular flexibility index (Phi) is 5.94. The Morgan fingerprint density at radius 1 is 1.50 bits per heavy atom. The van der Waals surface area contributed by atoms with Crippen LogP contribution in [0.4, 0.5) is 5.13 Å². The molecule has 0 spiro atoms. The third-order valence-electron chi connectivity index (χ3n) is 2.82. The number of carbonyl (C=O) groups is 2. The van der Waals surface area contributed by atoms with E-state index in [1.54, 1.807) is 26.2 Å². The van der Waals surface area contributed by atoms with Crippen molar-refractivity contribution < 1.29 is 19.4 Å². The smallest absolute Gasteiger partial charge is 0.315 e. The van der Waals surface area contributed by atoms with Gasteiger partial charge < -0.3 is 15.2 Å². The lowest BCUT2D eigenvalue weighted by atomic mass is 9.90. The number of carboxylic acids is 1. The molecule has 1 aromatic heterocycles. The van der Waals surface area contributed by atoms with Gasteiger partial charge in [-0.1, -0.05) is 0 Å². The first-order valence-corrected chi connectivity index (χ1v) is 7.34. The van der Waals surface area contributed by atoms with Gasteiger partial charge in [0.25, 0.3) is 0 Å². The molecule has 0 bridgehead atoms. The minimum atomic E-state index is -0.999. The Bertz CT molecular complexity index is 471. The number of thiazole rings is 1. The Balaban J connectivity index is 2.42. The van der Waals surface area contributed by atoms with Crippen molar-refractivity contribution in [3.63, 3.8) is 0 Å². The van der Waals surface area contributed by atoms with E-state index in [4.69, 9.17) is 9.84 Å². The van der Waals surface area contributed by atoms with E-state index in [0.29, 0.717) is 36.8 Å². The number of anilines is 1. The molecule has 2 N–H and O–H groups in total. The van der Waals surface area contributed by atoms with Crippen LogP contribution in [0.25, 0.3) is 0 Å². The van der Waals surface area contributed by atoms with Crippen molar-refractivity contribution in [2.24, 2.45) is 0 Å². The van der Waals surface area contributed by atoms with Gasteiger partial charge in [0.1, 0.15) is 5.41 Å². The predicted octanol–water partition coefficient (Wildman–Crippen LogP) is 2.26. The zero-order valence-electron chi connectivity index (χ0n) is 11.9. The van der Waals surface area contributed by atoms with Crippen LogP contribution in [-0.2, 0) is 19.7 Å². The van der Waals surface area contributed by atoms with Crippen molar-refractivity contribution in [2.45, 2.75) is 39.0 Å². The molecule has 20 heavy (non-hydrogen) atoms. The van der Waals surface area contributed by atoms with Gasteiger partial charge in [0, 0.05) is 18.3 Å². The van der Waals surface area contributed by atoms with E-state index in [2.05, 4.69) is 10.3 Å². The third-order valence-corrected chi connectivity index (χ3v) is 3.62. The van der Waals surface area contributed by atoms with Gasteiger partial charge in [-0.25, -0.2) is 4.98 Å². The SMILES string of the molecule is CCOC(=O)CCCNc1nc(C(C)(C)C(=O)O)cs1. The van der Waals surface area contributed by atoms with Crippen LogP contribution in [0.3, 0.4) is 0 Å². The molecule has 0 saturated heterocycles. The van der Waals surface area contributed by atoms with Gasteiger partial charge in [0.2, 0.25) is 0 Å². The van der Waals surface area contributed by atoms with Crippen LogP contribution in [-0.4, -0.2) is 35.2 Å². The van der Waals surface area contributed by atoms with E-state index in [9.17, 15) is 9.59 Å². The first-order valence-electron chi connectivity index (χ1n) is 6.46. The average Bonchev–Trinajstić information content (AvgIpc) is 2.84. The molecule has 0 aromatic carbocycles. The number of rotatable bonds is 8. The summed E-state index contributed by atoms with van der Waals surface area (Å²) in [4.78, 5) is 26.5. The molecule has 1 heterocycles. The topological polar surface area (TPSA) is 88.5 Å². The van der Waals surface area contributed by atoms with Crippen LogP contribution in [0.15, 0.2) is 5.38 Å². The molecule has 7 heteroatoms. The fourth-order valence-corrected chi connectivity index (χ4v) is 2.32. The van der Waals surface area contributed by atoms with Gasteiger partial charge in [0.05, 0.1) is 12.3 Å². The Labute approximate surface area is 122 Å². The summed E-state index contributed by atoms with van der Waals surface area (Å²) in [6, 6.07) is 0. The van der Waals surface area contributed by atoms with Crippen molar-refractivity contribution >= 4 is 28.4 Å². The third kappa shape index (κ3) is 4.48. The number of nitrogens with zero attached hydrogens (tertiary/aromatic N) is 1. The highest BCUT2D eigenvalue weighted by Crippen LogP contribution is 2.27. The van der Waals surface area contributed by atoms with Crippen LogP contribution < -0.4 is 5.32 Å². The van der Waals surface area contributed by atoms with Crippen LogP contribution in [0.5, 0.6) is 0 Å². The molecule has 0 atom stereocenters. The standard InChI is InChI=1S/C13H20N2O4S/c1-4-19-10(16)6-5-7-14-12-15-9(8-20-12)13(2,3)11(17)18/h8H,4-7H2,1-3H3,(H,14,15)(H,17,18). The molecule has 6 nitrogen and oxygen atoms in total. The maximum Gasteiger partial charge on any atom is 0.315 e. The molecule has 0 radical (unpaired) electrons. The summed E-state index contributed by atoms with van der Waals surface area (Å²) < 4.78 is 4.82. The first kappa shape index (κ1) is 16.4. The van der Waals surface area contributed by atoms with E-state index in [1.165, 1.54) is 11.3 Å². The zero-order chi connectivity index (χ0) is 15.2. The van der Waals surface area contributed by atoms with Crippen molar-refractivity contribution in [1.82, 2.24) is 4.98 Å². The number of esters is 1. The summed E-state index contributed by atoms with van der Waals surface area (Å²) in [5, 5.41) is 14.6. The molecule has 0 amide bonds. The Morgan fingerprint density at radius 3 is 2.80 bits per heavy atom. The van der Waals surface area contributed by atoms with E-state index in [1.807, 2.05) is 0 Å². The fraction of sp³-hybridized carbons (Fsp3) is 0.615. The number of carboxylic acid groups (broad SMARTS) is 1. The maximum atomic E-state index is 11.1. The van der Waals surface area contributed by atoms with E-state index in [-0.39, 0.29) is 5.97 Å². The second-order valence-electron chi connectivity index (χ2n) is 4.80. The highest BCUT2D eigenvalue weighted by Gasteiger charge is 2.32. The van der Waals surface area contributed by atoms with E-state index >= 15 is 0 Å². The lowest BCUT2D eigenvalue weighted by Gasteiger charge is -2.15. The lowest BCUT2D eigenvalue weighted by Crippen LogP contribution is -2.28. The molecule has 0 aliphatic rings. The molecule has 1 rings (SSSR count). The molecule has 1 aromatic rings. The second kappa shape index (κ2) is 7.23.